The highest BCUT2D eigenvalue weighted by molar-refractivity contribution is 5.80. The lowest BCUT2D eigenvalue weighted by atomic mass is 10.0. The smallest absolute Gasteiger partial charge is 0.261 e. The number of nitrogens with two attached hydrogens (primary N) is 1. The Morgan fingerprint density at radius 1 is 0.778 bits per heavy atom. The van der Waals surface area contributed by atoms with Crippen LogP contribution in [0.2, 0.25) is 0 Å². The van der Waals surface area contributed by atoms with Gasteiger partial charge in [0.05, 0.1) is 10.9 Å². The highest BCUT2D eigenvalue weighted by Gasteiger charge is 2.12. The van der Waals surface area contributed by atoms with E-state index in [0.717, 1.165) is 23.1 Å². The fraction of sp³-hybridized carbons (Fsp3) is 0.130. The van der Waals surface area contributed by atoms with Crippen LogP contribution in [0, 0.1) is 0 Å². The van der Waals surface area contributed by atoms with Crippen molar-refractivity contribution in [3.05, 3.63) is 89.2 Å². The maximum Gasteiger partial charge on any atom is 0.261 e. The number of nitrogens with zero attached hydrogens (tertiary/aromatic N) is 2. The number of para-hydroxylation sites is 1. The molecule has 4 rings (SSSR count). The molecule has 3 aromatic carbocycles. The second-order valence-corrected chi connectivity index (χ2v) is 6.49. The molecule has 0 aliphatic rings. The Kier molecular flexibility index (Phi) is 4.81. The van der Waals surface area contributed by atoms with Gasteiger partial charge in [0.25, 0.3) is 5.56 Å². The third-order valence-corrected chi connectivity index (χ3v) is 4.70. The number of hydrogen-bond acceptors (Lipinski definition) is 3. The SMILES string of the molecule is NCCCn1c(-c2ccc(-c3ccccc3)cc2)nc2ccccc2c1=O. The van der Waals surface area contributed by atoms with Gasteiger partial charge in [-0.3, -0.25) is 9.36 Å². The van der Waals surface area contributed by atoms with Crippen LogP contribution in [0.5, 0.6) is 0 Å². The van der Waals surface area contributed by atoms with Gasteiger partial charge < -0.3 is 5.73 Å². The van der Waals surface area contributed by atoms with Crippen molar-refractivity contribution in [1.82, 2.24) is 9.55 Å². The van der Waals surface area contributed by atoms with Gasteiger partial charge in [0.1, 0.15) is 5.82 Å². The van der Waals surface area contributed by atoms with Crippen LogP contribution in [0.15, 0.2) is 83.7 Å². The summed E-state index contributed by atoms with van der Waals surface area (Å²) in [7, 11) is 0. The zero-order valence-corrected chi connectivity index (χ0v) is 15.0. The van der Waals surface area contributed by atoms with Gasteiger partial charge in [-0.1, -0.05) is 66.7 Å². The van der Waals surface area contributed by atoms with E-state index in [1.165, 1.54) is 0 Å². The van der Waals surface area contributed by atoms with Crippen molar-refractivity contribution in [2.45, 2.75) is 13.0 Å². The normalized spacial score (nSPS) is 11.0. The molecule has 4 nitrogen and oxygen atoms in total. The molecular formula is C23H21N3O. The Bertz CT molecular complexity index is 1120. The Hall–Kier alpha value is -3.24. The minimum Gasteiger partial charge on any atom is -0.330 e. The Labute approximate surface area is 157 Å². The van der Waals surface area contributed by atoms with Gasteiger partial charge in [-0.15, -0.1) is 0 Å². The van der Waals surface area contributed by atoms with Crippen molar-refractivity contribution < 1.29 is 0 Å². The molecule has 27 heavy (non-hydrogen) atoms. The second-order valence-electron chi connectivity index (χ2n) is 6.49. The molecular weight excluding hydrogens is 334 g/mol. The third kappa shape index (κ3) is 3.39. The van der Waals surface area contributed by atoms with E-state index < -0.39 is 0 Å². The van der Waals surface area contributed by atoms with Crippen molar-refractivity contribution in [3.8, 4) is 22.5 Å². The van der Waals surface area contributed by atoms with Crippen LogP contribution in [0.1, 0.15) is 6.42 Å². The van der Waals surface area contributed by atoms with Gasteiger partial charge in [-0.05, 0) is 36.2 Å². The lowest BCUT2D eigenvalue weighted by molar-refractivity contribution is 0.632. The van der Waals surface area contributed by atoms with Gasteiger partial charge in [0.15, 0.2) is 0 Å². The molecule has 0 radical (unpaired) electrons. The van der Waals surface area contributed by atoms with Crippen LogP contribution in [0.4, 0.5) is 0 Å². The van der Waals surface area contributed by atoms with Crippen molar-refractivity contribution in [3.63, 3.8) is 0 Å². The average Bonchev–Trinajstić information content (AvgIpc) is 2.74. The van der Waals surface area contributed by atoms with Crippen LogP contribution in [-0.4, -0.2) is 16.1 Å². The van der Waals surface area contributed by atoms with E-state index in [1.54, 1.807) is 4.57 Å². The molecule has 0 aliphatic heterocycles. The van der Waals surface area contributed by atoms with Gasteiger partial charge in [0.2, 0.25) is 0 Å². The summed E-state index contributed by atoms with van der Waals surface area (Å²) in [5.74, 6) is 0.687. The molecule has 1 heterocycles. The number of aromatic nitrogens is 2. The highest BCUT2D eigenvalue weighted by Crippen LogP contribution is 2.24. The Morgan fingerprint density at radius 3 is 2.15 bits per heavy atom. The molecule has 0 amide bonds. The lowest BCUT2D eigenvalue weighted by Crippen LogP contribution is -2.24. The quantitative estimate of drug-likeness (QED) is 0.587. The summed E-state index contributed by atoms with van der Waals surface area (Å²) in [5, 5.41) is 0.638. The van der Waals surface area contributed by atoms with E-state index in [1.807, 2.05) is 54.6 Å². The van der Waals surface area contributed by atoms with Gasteiger partial charge in [0, 0.05) is 12.1 Å². The average molecular weight is 355 g/mol. The van der Waals surface area contributed by atoms with Crippen LogP contribution in [-0.2, 0) is 6.54 Å². The van der Waals surface area contributed by atoms with E-state index in [0.29, 0.717) is 29.8 Å². The first-order valence-electron chi connectivity index (χ1n) is 9.13. The zero-order valence-electron chi connectivity index (χ0n) is 15.0. The van der Waals surface area contributed by atoms with Crippen molar-refractivity contribution >= 4 is 10.9 Å². The molecule has 0 spiro atoms. The molecule has 1 aromatic heterocycles. The van der Waals surface area contributed by atoms with Crippen molar-refractivity contribution in [2.75, 3.05) is 6.54 Å². The maximum absolute atomic E-state index is 13.0. The summed E-state index contributed by atoms with van der Waals surface area (Å²) in [6.07, 6.45) is 0.731. The van der Waals surface area contributed by atoms with Crippen LogP contribution < -0.4 is 11.3 Å². The summed E-state index contributed by atoms with van der Waals surface area (Å²) in [6, 6.07) is 25.9. The molecule has 0 atom stereocenters. The van der Waals surface area contributed by atoms with Crippen molar-refractivity contribution in [2.24, 2.45) is 5.73 Å². The summed E-state index contributed by atoms with van der Waals surface area (Å²) in [4.78, 5) is 17.8. The predicted octanol–water partition coefficient (Wildman–Crippen LogP) is 4.08. The molecule has 0 saturated carbocycles. The fourth-order valence-corrected chi connectivity index (χ4v) is 3.29. The molecule has 4 aromatic rings. The minimum absolute atomic E-state index is 0.0174. The van der Waals surface area contributed by atoms with E-state index in [2.05, 4.69) is 24.3 Å². The number of hydrogen-bond donors (Lipinski definition) is 1. The maximum atomic E-state index is 13.0. The number of benzene rings is 3. The number of fused-ring (bicyclic) bond motifs is 1. The Morgan fingerprint density at radius 2 is 1.41 bits per heavy atom. The van der Waals surface area contributed by atoms with Crippen LogP contribution in [0.3, 0.4) is 0 Å². The molecule has 0 unspecified atom stereocenters. The first kappa shape index (κ1) is 17.2. The monoisotopic (exact) mass is 355 g/mol. The number of rotatable bonds is 5. The molecule has 0 saturated heterocycles. The van der Waals surface area contributed by atoms with Crippen LogP contribution >= 0.6 is 0 Å². The molecule has 0 fully saturated rings. The third-order valence-electron chi connectivity index (χ3n) is 4.70. The predicted molar refractivity (Wildman–Crippen MR) is 111 cm³/mol. The van der Waals surface area contributed by atoms with E-state index in [4.69, 9.17) is 10.7 Å². The standard InChI is InChI=1S/C23H21N3O/c24-15-6-16-26-22(25-21-10-5-4-9-20(21)23(26)27)19-13-11-18(12-14-19)17-7-2-1-3-8-17/h1-5,7-14H,6,15-16,24H2. The van der Waals surface area contributed by atoms with E-state index in [-0.39, 0.29) is 5.56 Å². The van der Waals surface area contributed by atoms with Gasteiger partial charge in [-0.2, -0.15) is 0 Å². The molecule has 4 heteroatoms. The van der Waals surface area contributed by atoms with Crippen LogP contribution in [0.25, 0.3) is 33.4 Å². The molecule has 0 bridgehead atoms. The zero-order chi connectivity index (χ0) is 18.6. The van der Waals surface area contributed by atoms with E-state index in [9.17, 15) is 4.79 Å². The first-order valence-corrected chi connectivity index (χ1v) is 9.13. The Balaban J connectivity index is 1.83. The molecule has 0 aliphatic carbocycles. The van der Waals surface area contributed by atoms with Gasteiger partial charge in [-0.25, -0.2) is 4.98 Å². The summed E-state index contributed by atoms with van der Waals surface area (Å²) in [5.41, 5.74) is 9.60. The fourth-order valence-electron chi connectivity index (χ4n) is 3.29. The molecule has 2 N–H and O–H groups in total. The second kappa shape index (κ2) is 7.56. The van der Waals surface area contributed by atoms with Crippen molar-refractivity contribution in [1.29, 1.82) is 0 Å². The summed E-state index contributed by atoms with van der Waals surface area (Å²) in [6.45, 7) is 1.09. The lowest BCUT2D eigenvalue weighted by Gasteiger charge is -2.14. The van der Waals surface area contributed by atoms with Gasteiger partial charge >= 0.3 is 0 Å². The van der Waals surface area contributed by atoms with E-state index >= 15 is 0 Å². The molecule has 134 valence electrons. The summed E-state index contributed by atoms with van der Waals surface area (Å²) < 4.78 is 1.74. The highest BCUT2D eigenvalue weighted by atomic mass is 16.1. The summed E-state index contributed by atoms with van der Waals surface area (Å²) >= 11 is 0. The topological polar surface area (TPSA) is 60.9 Å². The largest absolute Gasteiger partial charge is 0.330 e. The minimum atomic E-state index is -0.0174. The first-order chi connectivity index (χ1) is 13.3.